The summed E-state index contributed by atoms with van der Waals surface area (Å²) in [6, 6.07) is 6.23. The lowest BCUT2D eigenvalue weighted by atomic mass is 9.88. The van der Waals surface area contributed by atoms with Crippen molar-refractivity contribution in [2.75, 3.05) is 6.54 Å². The van der Waals surface area contributed by atoms with E-state index in [1.807, 2.05) is 7.05 Å². The van der Waals surface area contributed by atoms with E-state index in [0.717, 1.165) is 19.4 Å². The van der Waals surface area contributed by atoms with Gasteiger partial charge in [0.2, 0.25) is 0 Å². The zero-order valence-electron chi connectivity index (χ0n) is 18.0. The highest BCUT2D eigenvalue weighted by molar-refractivity contribution is 6.00. The van der Waals surface area contributed by atoms with Crippen LogP contribution in [0.4, 0.5) is 13.2 Å². The number of aromatic nitrogens is 5. The fourth-order valence-electron chi connectivity index (χ4n) is 4.79. The summed E-state index contributed by atoms with van der Waals surface area (Å²) >= 11 is 0. The number of hydrogen-bond acceptors (Lipinski definition) is 5. The molecule has 4 heterocycles. The number of carbonyl (C=O) groups excluding carboxylic acids is 1. The van der Waals surface area contributed by atoms with E-state index in [-0.39, 0.29) is 41.2 Å². The molecule has 3 aromatic heterocycles. The van der Waals surface area contributed by atoms with Crippen molar-refractivity contribution in [2.45, 2.75) is 44.1 Å². The molecule has 1 aliphatic rings. The van der Waals surface area contributed by atoms with Gasteiger partial charge >= 0.3 is 0 Å². The average Bonchev–Trinajstić information content (AvgIpc) is 3.55. The number of fused-ring (bicyclic) bond motifs is 2. The molecule has 0 saturated carbocycles. The van der Waals surface area contributed by atoms with E-state index < -0.39 is 12.2 Å². The predicted octanol–water partition coefficient (Wildman–Crippen LogP) is 4.19. The van der Waals surface area contributed by atoms with E-state index in [1.165, 1.54) is 23.0 Å². The molecule has 0 amide bonds. The van der Waals surface area contributed by atoms with Crippen molar-refractivity contribution in [3.63, 3.8) is 0 Å². The van der Waals surface area contributed by atoms with Crippen LogP contribution in [0.2, 0.25) is 0 Å². The summed E-state index contributed by atoms with van der Waals surface area (Å²) in [7, 11) is 1.82. The van der Waals surface area contributed by atoms with Crippen LogP contribution in [0.1, 0.15) is 59.8 Å². The molecule has 1 saturated heterocycles. The Morgan fingerprint density at radius 1 is 1.30 bits per heavy atom. The van der Waals surface area contributed by atoms with E-state index >= 15 is 4.39 Å². The molecular formula is C23H23F3N6O. The van der Waals surface area contributed by atoms with Gasteiger partial charge in [0.05, 0.1) is 16.8 Å². The first-order chi connectivity index (χ1) is 15.9. The first-order valence-electron chi connectivity index (χ1n) is 10.9. The number of rotatable bonds is 7. The summed E-state index contributed by atoms with van der Waals surface area (Å²) < 4.78 is 45.3. The summed E-state index contributed by atoms with van der Waals surface area (Å²) in [6.07, 6.45) is 2.47. The van der Waals surface area contributed by atoms with E-state index in [1.54, 1.807) is 22.9 Å². The molecule has 1 aliphatic heterocycles. The van der Waals surface area contributed by atoms with Crippen LogP contribution in [0, 0.1) is 5.82 Å². The van der Waals surface area contributed by atoms with Crippen molar-refractivity contribution >= 4 is 22.5 Å². The third-order valence-electron chi connectivity index (χ3n) is 6.47. The van der Waals surface area contributed by atoms with Gasteiger partial charge in [0.15, 0.2) is 5.78 Å². The molecule has 0 radical (unpaired) electrons. The largest absolute Gasteiger partial charge is 0.350 e. The molecule has 1 fully saturated rings. The monoisotopic (exact) mass is 456 g/mol. The van der Waals surface area contributed by atoms with Crippen molar-refractivity contribution in [1.82, 2.24) is 29.5 Å². The highest BCUT2D eigenvalue weighted by Crippen LogP contribution is 2.33. The highest BCUT2D eigenvalue weighted by atomic mass is 19.3. The number of Topliss-reactive ketones (excluding diaryl/α,β-unsaturated/α-hetero) is 1. The molecule has 2 unspecified atom stereocenters. The van der Waals surface area contributed by atoms with Crippen LogP contribution in [-0.4, -0.2) is 42.5 Å². The van der Waals surface area contributed by atoms with E-state index in [9.17, 15) is 13.6 Å². The minimum absolute atomic E-state index is 0.0143. The van der Waals surface area contributed by atoms with Crippen molar-refractivity contribution in [3.05, 3.63) is 59.6 Å². The summed E-state index contributed by atoms with van der Waals surface area (Å²) in [4.78, 5) is 20.9. The first-order valence-corrected chi connectivity index (χ1v) is 10.9. The van der Waals surface area contributed by atoms with Crippen molar-refractivity contribution in [1.29, 1.82) is 0 Å². The van der Waals surface area contributed by atoms with Gasteiger partial charge in [-0.3, -0.25) is 4.79 Å². The van der Waals surface area contributed by atoms with Crippen LogP contribution >= 0.6 is 0 Å². The fourth-order valence-corrected chi connectivity index (χ4v) is 4.79. The van der Waals surface area contributed by atoms with Gasteiger partial charge < -0.3 is 9.88 Å². The van der Waals surface area contributed by atoms with Gasteiger partial charge in [-0.2, -0.15) is 10.1 Å². The summed E-state index contributed by atoms with van der Waals surface area (Å²) in [5.74, 6) is -1.04. The van der Waals surface area contributed by atoms with Crippen molar-refractivity contribution < 1.29 is 18.0 Å². The molecule has 10 heteroatoms. The van der Waals surface area contributed by atoms with Gasteiger partial charge in [0.1, 0.15) is 17.8 Å². The van der Waals surface area contributed by atoms with Crippen LogP contribution < -0.4 is 5.32 Å². The number of hydrogen-bond donors (Lipinski definition) is 1. The topological polar surface area (TPSA) is 77.1 Å². The van der Waals surface area contributed by atoms with Gasteiger partial charge in [-0.15, -0.1) is 0 Å². The minimum Gasteiger partial charge on any atom is -0.350 e. The standard InChI is InChI=1S/C23H23F3N6O/c1-31-10-8-14-18(31)6-4-15(21(14)24)20(33)7-5-13(16-3-2-9-27-16)19-11-17(22(25)26)30-23-28-12-29-32(19)23/h4,6,8,10-13,16,22,27H,2-3,5,7,9H2,1H3. The number of ketones is 1. The molecule has 0 aliphatic carbocycles. The summed E-state index contributed by atoms with van der Waals surface area (Å²) in [6.45, 7) is 0.807. The number of benzene rings is 1. The number of aryl methyl sites for hydroxylation is 1. The third-order valence-corrected chi connectivity index (χ3v) is 6.47. The summed E-state index contributed by atoms with van der Waals surface area (Å²) in [5.41, 5.74) is 0.905. The smallest absolute Gasteiger partial charge is 0.280 e. The molecule has 33 heavy (non-hydrogen) atoms. The number of nitrogens with one attached hydrogen (secondary N) is 1. The van der Waals surface area contributed by atoms with Crippen molar-refractivity contribution in [3.8, 4) is 0 Å². The lowest BCUT2D eigenvalue weighted by Crippen LogP contribution is -2.31. The molecule has 0 bridgehead atoms. The Bertz CT molecular complexity index is 1320. The van der Waals surface area contributed by atoms with Crippen LogP contribution in [0.25, 0.3) is 16.7 Å². The maximum atomic E-state index is 15.0. The summed E-state index contributed by atoms with van der Waals surface area (Å²) in [5, 5.41) is 7.98. The number of halogens is 3. The molecule has 5 rings (SSSR count). The number of nitrogens with zero attached hydrogens (tertiary/aromatic N) is 5. The van der Waals surface area contributed by atoms with Gasteiger partial charge in [-0.05, 0) is 50.1 Å². The predicted molar refractivity (Wildman–Crippen MR) is 116 cm³/mol. The Labute approximate surface area is 187 Å². The lowest BCUT2D eigenvalue weighted by Gasteiger charge is -2.25. The average molecular weight is 456 g/mol. The van der Waals surface area contributed by atoms with E-state index in [0.29, 0.717) is 23.0 Å². The van der Waals surface area contributed by atoms with Crippen LogP contribution in [0.15, 0.2) is 36.8 Å². The van der Waals surface area contributed by atoms with Crippen LogP contribution in [-0.2, 0) is 7.05 Å². The molecule has 7 nitrogen and oxygen atoms in total. The zero-order chi connectivity index (χ0) is 23.1. The van der Waals surface area contributed by atoms with E-state index in [4.69, 9.17) is 0 Å². The molecule has 2 atom stereocenters. The second-order valence-electron chi connectivity index (χ2n) is 8.44. The van der Waals surface area contributed by atoms with E-state index in [2.05, 4.69) is 20.4 Å². The SMILES string of the molecule is Cn1ccc2c(F)c(C(=O)CCC(c3cc(C(F)F)nc4ncnn34)C3CCCN3)ccc21. The second kappa shape index (κ2) is 8.58. The Morgan fingerprint density at radius 3 is 2.91 bits per heavy atom. The Balaban J connectivity index is 1.47. The van der Waals surface area contributed by atoms with Gasteiger partial charge in [-0.25, -0.2) is 22.7 Å². The molecule has 1 aromatic carbocycles. The van der Waals surface area contributed by atoms with Crippen molar-refractivity contribution in [2.24, 2.45) is 7.05 Å². The van der Waals surface area contributed by atoms with Gasteiger partial charge in [0.25, 0.3) is 12.2 Å². The highest BCUT2D eigenvalue weighted by Gasteiger charge is 2.30. The molecule has 4 aromatic rings. The number of carbonyl (C=O) groups is 1. The fraction of sp³-hybridized carbons (Fsp3) is 0.391. The number of alkyl halides is 2. The van der Waals surface area contributed by atoms with Crippen LogP contribution in [0.3, 0.4) is 0 Å². The maximum Gasteiger partial charge on any atom is 0.280 e. The maximum absolute atomic E-state index is 15.0. The Kier molecular flexibility index (Phi) is 5.61. The first kappa shape index (κ1) is 21.6. The normalized spacial score (nSPS) is 17.4. The van der Waals surface area contributed by atoms with Gasteiger partial charge in [-0.1, -0.05) is 0 Å². The second-order valence-corrected chi connectivity index (χ2v) is 8.44. The van der Waals surface area contributed by atoms with Gasteiger partial charge in [0, 0.05) is 37.0 Å². The quantitative estimate of drug-likeness (QED) is 0.422. The Hall–Kier alpha value is -3.27. The Morgan fingerprint density at radius 2 is 2.15 bits per heavy atom. The lowest BCUT2D eigenvalue weighted by molar-refractivity contribution is 0.0972. The third kappa shape index (κ3) is 3.88. The molecule has 0 spiro atoms. The molecule has 1 N–H and O–H groups in total. The molecular weight excluding hydrogens is 433 g/mol. The minimum atomic E-state index is -2.75. The molecule has 172 valence electrons. The zero-order valence-corrected chi connectivity index (χ0v) is 18.0. The van der Waals surface area contributed by atoms with Crippen LogP contribution in [0.5, 0.6) is 0 Å².